The Kier molecular flexibility index (Phi) is 5.31. The lowest BCUT2D eigenvalue weighted by Gasteiger charge is -2.15. The summed E-state index contributed by atoms with van der Waals surface area (Å²) >= 11 is 0. The van der Waals surface area contributed by atoms with Gasteiger partial charge in [0.1, 0.15) is 0 Å². The molecule has 0 saturated heterocycles. The lowest BCUT2D eigenvalue weighted by atomic mass is 9.96. The first-order valence-corrected chi connectivity index (χ1v) is 5.89. The maximum atomic E-state index is 11.3. The number of ether oxygens (including phenoxy) is 1. The van der Waals surface area contributed by atoms with Crippen LogP contribution in [-0.2, 0) is 4.74 Å². The lowest BCUT2D eigenvalue weighted by Crippen LogP contribution is -2.39. The summed E-state index contributed by atoms with van der Waals surface area (Å²) in [5.74, 6) is 0.0907. The van der Waals surface area contributed by atoms with Crippen LogP contribution in [0.25, 0.3) is 0 Å². The first kappa shape index (κ1) is 13.9. The van der Waals surface area contributed by atoms with E-state index in [-0.39, 0.29) is 11.3 Å². The first-order valence-electron chi connectivity index (χ1n) is 5.89. The van der Waals surface area contributed by atoms with Crippen LogP contribution in [0.3, 0.4) is 0 Å². The molecule has 5 heteroatoms. The van der Waals surface area contributed by atoms with Crippen molar-refractivity contribution in [2.45, 2.75) is 19.8 Å². The van der Waals surface area contributed by atoms with Crippen LogP contribution >= 0.6 is 0 Å². The minimum absolute atomic E-state index is 0.0907. The number of hydrogen-bond acceptors (Lipinski definition) is 5. The predicted molar refractivity (Wildman–Crippen MR) is 68.7 cm³/mol. The van der Waals surface area contributed by atoms with Crippen LogP contribution in [-0.4, -0.2) is 33.4 Å². The highest BCUT2D eigenvalue weighted by molar-refractivity contribution is 5.57. The molecule has 1 rings (SSSR count). The van der Waals surface area contributed by atoms with Crippen LogP contribution in [0.15, 0.2) is 9.59 Å². The average Bonchev–Trinajstić information content (AvgIpc) is 2.30. The van der Waals surface area contributed by atoms with Crippen LogP contribution in [0.4, 0.5) is 5.69 Å². The third kappa shape index (κ3) is 3.38. The van der Waals surface area contributed by atoms with E-state index in [1.807, 2.05) is 20.9 Å². The fraction of sp³-hybridized carbons (Fsp3) is 0.667. The molecule has 0 heterocycles. The predicted octanol–water partition coefficient (Wildman–Crippen LogP) is 0.0539. The van der Waals surface area contributed by atoms with Gasteiger partial charge in [0.15, 0.2) is 0 Å². The maximum Gasteiger partial charge on any atom is 0.249 e. The molecule has 0 saturated carbocycles. The standard InChI is InChI=1S/C12H20N2O3/c1-8(2)9-10(12(16)11(9)15)14-5-7-17-6-4-13-3/h8,13-14H,4-7H2,1-3H3. The van der Waals surface area contributed by atoms with Gasteiger partial charge in [-0.3, -0.25) is 9.59 Å². The Balaban J connectivity index is 2.35. The van der Waals surface area contributed by atoms with E-state index in [1.54, 1.807) is 0 Å². The van der Waals surface area contributed by atoms with Crippen molar-refractivity contribution in [3.63, 3.8) is 0 Å². The quantitative estimate of drug-likeness (QED) is 0.496. The van der Waals surface area contributed by atoms with Crippen molar-refractivity contribution in [2.75, 3.05) is 38.7 Å². The third-order valence-corrected chi connectivity index (χ3v) is 2.57. The molecule has 0 amide bonds. The minimum Gasteiger partial charge on any atom is -0.379 e. The molecule has 0 fully saturated rings. The fourth-order valence-electron chi connectivity index (χ4n) is 1.66. The number of hydrogen-bond donors (Lipinski definition) is 2. The molecular weight excluding hydrogens is 220 g/mol. The zero-order valence-corrected chi connectivity index (χ0v) is 10.6. The molecule has 5 nitrogen and oxygen atoms in total. The van der Waals surface area contributed by atoms with Gasteiger partial charge >= 0.3 is 0 Å². The van der Waals surface area contributed by atoms with Gasteiger partial charge in [0, 0.05) is 18.7 Å². The topological polar surface area (TPSA) is 67.4 Å². The molecule has 0 spiro atoms. The highest BCUT2D eigenvalue weighted by Gasteiger charge is 2.22. The zero-order chi connectivity index (χ0) is 12.8. The van der Waals surface area contributed by atoms with Crippen LogP contribution < -0.4 is 21.5 Å². The molecule has 0 radical (unpaired) electrons. The van der Waals surface area contributed by atoms with E-state index >= 15 is 0 Å². The highest BCUT2D eigenvalue weighted by atomic mass is 16.5. The number of rotatable bonds is 8. The Morgan fingerprint density at radius 1 is 1.12 bits per heavy atom. The zero-order valence-electron chi connectivity index (χ0n) is 10.6. The molecule has 0 unspecified atom stereocenters. The summed E-state index contributed by atoms with van der Waals surface area (Å²) in [4.78, 5) is 22.6. The number of likely N-dealkylation sites (N-methyl/N-ethyl adjacent to an activating group) is 1. The van der Waals surface area contributed by atoms with Gasteiger partial charge in [0.2, 0.25) is 10.9 Å². The molecule has 0 atom stereocenters. The van der Waals surface area contributed by atoms with Crippen molar-refractivity contribution >= 4 is 5.69 Å². The molecule has 2 N–H and O–H groups in total. The Hall–Kier alpha value is -1.20. The van der Waals surface area contributed by atoms with Crippen molar-refractivity contribution in [2.24, 2.45) is 0 Å². The largest absolute Gasteiger partial charge is 0.379 e. The van der Waals surface area contributed by atoms with E-state index in [1.165, 1.54) is 0 Å². The van der Waals surface area contributed by atoms with Gasteiger partial charge in [-0.15, -0.1) is 0 Å². The normalized spacial score (nSPS) is 11.3. The minimum atomic E-state index is -0.399. The molecule has 0 aliphatic heterocycles. The Bertz CT molecular complexity index is 419. The molecule has 0 aliphatic carbocycles. The first-order chi connectivity index (χ1) is 8.09. The average molecular weight is 240 g/mol. The van der Waals surface area contributed by atoms with Gasteiger partial charge in [-0.1, -0.05) is 13.8 Å². The highest BCUT2D eigenvalue weighted by Crippen LogP contribution is 2.18. The molecule has 0 aromatic heterocycles. The molecule has 1 aromatic carbocycles. The third-order valence-electron chi connectivity index (χ3n) is 2.57. The number of anilines is 1. The molecule has 17 heavy (non-hydrogen) atoms. The smallest absolute Gasteiger partial charge is 0.249 e. The molecule has 0 bridgehead atoms. The van der Waals surface area contributed by atoms with Gasteiger partial charge in [-0.2, -0.15) is 0 Å². The van der Waals surface area contributed by atoms with Crippen LogP contribution in [0.2, 0.25) is 0 Å². The summed E-state index contributed by atoms with van der Waals surface area (Å²) in [6.07, 6.45) is 0. The van der Waals surface area contributed by atoms with Crippen molar-refractivity contribution in [1.29, 1.82) is 0 Å². The van der Waals surface area contributed by atoms with Crippen LogP contribution in [0.5, 0.6) is 0 Å². The molecule has 0 aliphatic rings. The van der Waals surface area contributed by atoms with E-state index in [0.717, 1.165) is 6.54 Å². The van der Waals surface area contributed by atoms with Gasteiger partial charge in [-0.05, 0) is 13.0 Å². The van der Waals surface area contributed by atoms with E-state index < -0.39 is 5.43 Å². The summed E-state index contributed by atoms with van der Waals surface area (Å²) < 4.78 is 5.31. The van der Waals surface area contributed by atoms with Crippen LogP contribution in [0, 0.1) is 0 Å². The summed E-state index contributed by atoms with van der Waals surface area (Å²) in [5.41, 5.74) is 0.343. The second-order valence-corrected chi connectivity index (χ2v) is 4.24. The second kappa shape index (κ2) is 6.51. The SMILES string of the molecule is CNCCOCCNc1c(C(C)C)c(=O)c1=O. The van der Waals surface area contributed by atoms with Crippen molar-refractivity contribution in [3.8, 4) is 0 Å². The Morgan fingerprint density at radius 3 is 2.35 bits per heavy atom. The van der Waals surface area contributed by atoms with Gasteiger partial charge < -0.3 is 15.4 Å². The fourth-order valence-corrected chi connectivity index (χ4v) is 1.66. The van der Waals surface area contributed by atoms with Crippen LogP contribution in [0.1, 0.15) is 25.3 Å². The van der Waals surface area contributed by atoms with Crippen molar-refractivity contribution < 1.29 is 4.74 Å². The summed E-state index contributed by atoms with van der Waals surface area (Å²) in [7, 11) is 1.86. The van der Waals surface area contributed by atoms with E-state index in [9.17, 15) is 9.59 Å². The monoisotopic (exact) mass is 240 g/mol. The van der Waals surface area contributed by atoms with E-state index in [0.29, 0.717) is 31.0 Å². The summed E-state index contributed by atoms with van der Waals surface area (Å²) in [5, 5.41) is 5.94. The molecular formula is C12H20N2O3. The van der Waals surface area contributed by atoms with Gasteiger partial charge in [0.05, 0.1) is 18.9 Å². The Labute approximate surface area is 101 Å². The second-order valence-electron chi connectivity index (χ2n) is 4.24. The van der Waals surface area contributed by atoms with E-state index in [4.69, 9.17) is 4.74 Å². The van der Waals surface area contributed by atoms with Crippen molar-refractivity contribution in [3.05, 3.63) is 26.0 Å². The van der Waals surface area contributed by atoms with Gasteiger partial charge in [-0.25, -0.2) is 0 Å². The molecule has 96 valence electrons. The summed E-state index contributed by atoms with van der Waals surface area (Å²) in [6, 6.07) is 0. The molecule has 1 aromatic rings. The Morgan fingerprint density at radius 2 is 1.76 bits per heavy atom. The lowest BCUT2D eigenvalue weighted by molar-refractivity contribution is 0.147. The summed E-state index contributed by atoms with van der Waals surface area (Å²) in [6.45, 7) is 6.33. The van der Waals surface area contributed by atoms with Gasteiger partial charge in [0.25, 0.3) is 0 Å². The maximum absolute atomic E-state index is 11.3. The van der Waals surface area contributed by atoms with E-state index in [2.05, 4.69) is 10.6 Å². The van der Waals surface area contributed by atoms with Crippen molar-refractivity contribution in [1.82, 2.24) is 5.32 Å². The number of nitrogens with one attached hydrogen (secondary N) is 2.